The molecule has 0 aliphatic heterocycles. The minimum atomic E-state index is -0.122. The Balaban J connectivity index is 1.63. The summed E-state index contributed by atoms with van der Waals surface area (Å²) in [6, 6.07) is 0. The van der Waals surface area contributed by atoms with Crippen molar-refractivity contribution >= 4 is 5.97 Å². The van der Waals surface area contributed by atoms with Crippen molar-refractivity contribution in [1.82, 2.24) is 0 Å². The standard InChI is InChI=1S/C32H56O2/c1-9-26(22(2)3)15-13-23(4)30-16-14-24(5)31(30,7)19-17-27-11-10-12-28-21-29(34-25(6)33)18-20-32(27,28)8/h12,22-24,26-27,29-30H,9-11,13-21H2,1-8H3/t23?,24?,26-,27?,29+,30-,31+,32-/m1/s1. The highest BCUT2D eigenvalue weighted by molar-refractivity contribution is 5.66. The second kappa shape index (κ2) is 11.5. The van der Waals surface area contributed by atoms with Crippen LogP contribution in [0.4, 0.5) is 0 Å². The molecule has 3 aliphatic rings. The molecule has 2 fully saturated rings. The van der Waals surface area contributed by atoms with E-state index in [-0.39, 0.29) is 12.1 Å². The number of carbonyl (C=O) groups excluding carboxylic acids is 1. The van der Waals surface area contributed by atoms with Crippen LogP contribution in [-0.2, 0) is 9.53 Å². The van der Waals surface area contributed by atoms with Crippen LogP contribution in [0.1, 0.15) is 132 Å². The first-order chi connectivity index (χ1) is 16.0. The van der Waals surface area contributed by atoms with Crippen molar-refractivity contribution in [3.63, 3.8) is 0 Å². The van der Waals surface area contributed by atoms with Gasteiger partial charge in [0.1, 0.15) is 6.10 Å². The number of carbonyl (C=O) groups is 1. The zero-order valence-electron chi connectivity index (χ0n) is 23.9. The van der Waals surface area contributed by atoms with Gasteiger partial charge in [0.15, 0.2) is 0 Å². The fourth-order valence-corrected chi connectivity index (χ4v) is 8.55. The maximum atomic E-state index is 11.5. The largest absolute Gasteiger partial charge is 0.462 e. The van der Waals surface area contributed by atoms with Crippen molar-refractivity contribution in [3.8, 4) is 0 Å². The molecule has 8 atom stereocenters. The molecule has 0 aromatic rings. The number of ether oxygens (including phenoxy) is 1. The Morgan fingerprint density at radius 2 is 1.85 bits per heavy atom. The van der Waals surface area contributed by atoms with Crippen molar-refractivity contribution in [2.24, 2.45) is 46.3 Å². The van der Waals surface area contributed by atoms with Gasteiger partial charge >= 0.3 is 5.97 Å². The highest BCUT2D eigenvalue weighted by Gasteiger charge is 2.48. The lowest BCUT2D eigenvalue weighted by atomic mass is 9.57. The van der Waals surface area contributed by atoms with E-state index in [1.807, 2.05) is 0 Å². The van der Waals surface area contributed by atoms with Crippen molar-refractivity contribution < 1.29 is 9.53 Å². The van der Waals surface area contributed by atoms with Crippen LogP contribution < -0.4 is 0 Å². The molecule has 2 heteroatoms. The summed E-state index contributed by atoms with van der Waals surface area (Å²) in [7, 11) is 0. The molecule has 2 saturated carbocycles. The molecule has 0 amide bonds. The first-order valence-corrected chi connectivity index (χ1v) is 14.9. The lowest BCUT2D eigenvalue weighted by molar-refractivity contribution is -0.148. The van der Waals surface area contributed by atoms with Crippen molar-refractivity contribution in [3.05, 3.63) is 11.6 Å². The zero-order valence-corrected chi connectivity index (χ0v) is 23.9. The molecular formula is C32H56O2. The van der Waals surface area contributed by atoms with Crippen LogP contribution in [0.15, 0.2) is 11.6 Å². The average Bonchev–Trinajstić information content (AvgIpc) is 3.06. The first kappa shape index (κ1) is 27.8. The van der Waals surface area contributed by atoms with Gasteiger partial charge in [0.2, 0.25) is 0 Å². The molecule has 196 valence electrons. The van der Waals surface area contributed by atoms with Crippen LogP contribution in [-0.4, -0.2) is 12.1 Å². The predicted molar refractivity (Wildman–Crippen MR) is 145 cm³/mol. The molecule has 3 aliphatic carbocycles. The second-order valence-electron chi connectivity index (χ2n) is 13.5. The number of allylic oxidation sites excluding steroid dienone is 1. The molecule has 2 nitrogen and oxygen atoms in total. The SMILES string of the molecule is CC[C@H](CCC(C)[C@H]1CCC(C)[C@]1(C)CCC1CCC=C2C[C@@H](OC(C)=O)CC[C@@]21C)C(C)C. The highest BCUT2D eigenvalue weighted by Crippen LogP contribution is 2.58. The fraction of sp³-hybridized carbons (Fsp3) is 0.906. The minimum absolute atomic E-state index is 0.103. The van der Waals surface area contributed by atoms with Crippen molar-refractivity contribution in [2.45, 2.75) is 139 Å². The summed E-state index contributed by atoms with van der Waals surface area (Å²) in [5, 5.41) is 0. The third-order valence-corrected chi connectivity index (χ3v) is 11.4. The summed E-state index contributed by atoms with van der Waals surface area (Å²) in [6.45, 7) is 19.1. The highest BCUT2D eigenvalue weighted by atomic mass is 16.5. The van der Waals surface area contributed by atoms with E-state index in [2.05, 4.69) is 54.5 Å². The number of hydrogen-bond acceptors (Lipinski definition) is 2. The molecule has 0 N–H and O–H groups in total. The maximum absolute atomic E-state index is 11.5. The molecule has 0 aromatic carbocycles. The van der Waals surface area contributed by atoms with E-state index in [0.29, 0.717) is 10.8 Å². The van der Waals surface area contributed by atoms with Gasteiger partial charge in [-0.25, -0.2) is 0 Å². The fourth-order valence-electron chi connectivity index (χ4n) is 8.55. The molecule has 34 heavy (non-hydrogen) atoms. The Hall–Kier alpha value is -0.790. The summed E-state index contributed by atoms with van der Waals surface area (Å²) in [5.74, 6) is 4.95. The van der Waals surface area contributed by atoms with E-state index in [9.17, 15) is 4.79 Å². The van der Waals surface area contributed by atoms with Crippen molar-refractivity contribution in [1.29, 1.82) is 0 Å². The minimum Gasteiger partial charge on any atom is -0.462 e. The normalized spacial score (nSPS) is 37.7. The van der Waals surface area contributed by atoms with Gasteiger partial charge in [-0.3, -0.25) is 4.79 Å². The lowest BCUT2D eigenvalue weighted by Gasteiger charge is -2.49. The van der Waals surface area contributed by atoms with Gasteiger partial charge in [0, 0.05) is 13.3 Å². The molecule has 0 bridgehead atoms. The molecule has 0 heterocycles. The van der Waals surface area contributed by atoms with E-state index in [1.54, 1.807) is 12.5 Å². The monoisotopic (exact) mass is 472 g/mol. The van der Waals surface area contributed by atoms with Gasteiger partial charge in [0.05, 0.1) is 0 Å². The van der Waals surface area contributed by atoms with Crippen LogP contribution in [0.3, 0.4) is 0 Å². The molecule has 3 unspecified atom stereocenters. The van der Waals surface area contributed by atoms with Gasteiger partial charge in [-0.2, -0.15) is 0 Å². The van der Waals surface area contributed by atoms with Gasteiger partial charge in [0.25, 0.3) is 0 Å². The smallest absolute Gasteiger partial charge is 0.302 e. The molecule has 0 spiro atoms. The van der Waals surface area contributed by atoms with Crippen LogP contribution in [0.25, 0.3) is 0 Å². The van der Waals surface area contributed by atoms with Crippen molar-refractivity contribution in [2.75, 3.05) is 0 Å². The molecular weight excluding hydrogens is 416 g/mol. The summed E-state index contributed by atoms with van der Waals surface area (Å²) in [4.78, 5) is 11.5. The van der Waals surface area contributed by atoms with Gasteiger partial charge in [-0.15, -0.1) is 0 Å². The predicted octanol–water partition coefficient (Wildman–Crippen LogP) is 9.38. The second-order valence-corrected chi connectivity index (χ2v) is 13.5. The average molecular weight is 473 g/mol. The molecule has 0 aromatic heterocycles. The molecule has 0 saturated heterocycles. The topological polar surface area (TPSA) is 26.3 Å². The van der Waals surface area contributed by atoms with E-state index in [0.717, 1.165) is 48.3 Å². The number of esters is 1. The third-order valence-electron chi connectivity index (χ3n) is 11.4. The van der Waals surface area contributed by atoms with Gasteiger partial charge < -0.3 is 4.74 Å². The molecule has 3 rings (SSSR count). The zero-order chi connectivity index (χ0) is 25.1. The first-order valence-electron chi connectivity index (χ1n) is 14.9. The Morgan fingerprint density at radius 1 is 1.12 bits per heavy atom. The summed E-state index contributed by atoms with van der Waals surface area (Å²) < 4.78 is 5.61. The quantitative estimate of drug-likeness (QED) is 0.234. The Labute approximate surface area is 212 Å². The van der Waals surface area contributed by atoms with Gasteiger partial charge in [-0.1, -0.05) is 73.0 Å². The summed E-state index contributed by atoms with van der Waals surface area (Å²) >= 11 is 0. The summed E-state index contributed by atoms with van der Waals surface area (Å²) in [5.41, 5.74) is 2.40. The third kappa shape index (κ3) is 5.95. The summed E-state index contributed by atoms with van der Waals surface area (Å²) in [6.07, 6.45) is 18.1. The van der Waals surface area contributed by atoms with Crippen LogP contribution in [0.2, 0.25) is 0 Å². The molecule has 0 radical (unpaired) electrons. The maximum Gasteiger partial charge on any atom is 0.302 e. The Bertz CT molecular complexity index is 708. The van der Waals surface area contributed by atoms with E-state index >= 15 is 0 Å². The van der Waals surface area contributed by atoms with Crippen LogP contribution in [0.5, 0.6) is 0 Å². The number of fused-ring (bicyclic) bond motifs is 1. The Kier molecular flexibility index (Phi) is 9.41. The van der Waals surface area contributed by atoms with Gasteiger partial charge in [-0.05, 0) is 104 Å². The van der Waals surface area contributed by atoms with E-state index in [1.165, 1.54) is 64.2 Å². The Morgan fingerprint density at radius 3 is 2.50 bits per heavy atom. The number of hydrogen-bond donors (Lipinski definition) is 0. The van der Waals surface area contributed by atoms with E-state index in [4.69, 9.17) is 4.74 Å². The van der Waals surface area contributed by atoms with Crippen LogP contribution >= 0.6 is 0 Å². The number of rotatable bonds is 10. The van der Waals surface area contributed by atoms with E-state index < -0.39 is 0 Å². The lowest BCUT2D eigenvalue weighted by Crippen LogP contribution is -2.40. The van der Waals surface area contributed by atoms with Crippen LogP contribution in [0, 0.1) is 46.3 Å².